The molecule has 0 spiro atoms. The van der Waals surface area contributed by atoms with E-state index < -0.39 is 0 Å². The summed E-state index contributed by atoms with van der Waals surface area (Å²) in [7, 11) is 1.58. The molecule has 0 aliphatic carbocycles. The molecule has 0 unspecified atom stereocenters. The largest absolute Gasteiger partial charge is 0.497 e. The van der Waals surface area contributed by atoms with E-state index >= 15 is 0 Å². The van der Waals surface area contributed by atoms with Crippen molar-refractivity contribution in [3.8, 4) is 11.5 Å². The highest BCUT2D eigenvalue weighted by molar-refractivity contribution is 7.80. The van der Waals surface area contributed by atoms with Gasteiger partial charge in [-0.3, -0.25) is 0 Å². The first-order chi connectivity index (χ1) is 9.60. The number of rotatable bonds is 5. The van der Waals surface area contributed by atoms with Crippen LogP contribution in [0.5, 0.6) is 11.5 Å². The molecule has 2 aromatic carbocycles. The minimum atomic E-state index is 0.298. The fourth-order valence-corrected chi connectivity index (χ4v) is 2.00. The van der Waals surface area contributed by atoms with Crippen molar-refractivity contribution in [2.45, 2.75) is 6.61 Å². The van der Waals surface area contributed by atoms with Gasteiger partial charge in [0, 0.05) is 22.2 Å². The highest BCUT2D eigenvalue weighted by Gasteiger charge is 2.06. The van der Waals surface area contributed by atoms with E-state index in [1.807, 2.05) is 24.3 Å². The zero-order valence-corrected chi connectivity index (χ0v) is 12.5. The highest BCUT2D eigenvalue weighted by atomic mass is 35.5. The van der Waals surface area contributed by atoms with E-state index in [1.165, 1.54) is 0 Å². The fraction of sp³-hybridized carbons (Fsp3) is 0.133. The zero-order valence-electron chi connectivity index (χ0n) is 10.9. The summed E-state index contributed by atoms with van der Waals surface area (Å²) in [5.74, 6) is 1.27. The lowest BCUT2D eigenvalue weighted by molar-refractivity contribution is 0.303. The number of methoxy groups -OCH3 is 1. The van der Waals surface area contributed by atoms with Crippen LogP contribution in [-0.4, -0.2) is 12.1 Å². The topological polar surface area (TPSA) is 44.5 Å². The van der Waals surface area contributed by atoms with Crippen LogP contribution in [0.15, 0.2) is 42.5 Å². The Bertz CT molecular complexity index is 631. The molecule has 0 atom stereocenters. The summed E-state index contributed by atoms with van der Waals surface area (Å²) in [4.78, 5) is 0.298. The van der Waals surface area contributed by atoms with E-state index in [2.05, 4.69) is 0 Å². The predicted octanol–water partition coefficient (Wildman–Crippen LogP) is 3.56. The van der Waals surface area contributed by atoms with Gasteiger partial charge in [0.15, 0.2) is 0 Å². The maximum absolute atomic E-state index is 6.09. The lowest BCUT2D eigenvalue weighted by Gasteiger charge is -2.11. The summed E-state index contributed by atoms with van der Waals surface area (Å²) in [5.41, 5.74) is 7.25. The van der Waals surface area contributed by atoms with Crippen LogP contribution in [0.4, 0.5) is 0 Å². The summed E-state index contributed by atoms with van der Waals surface area (Å²) in [6, 6.07) is 12.9. The first-order valence-corrected chi connectivity index (χ1v) is 6.74. The molecule has 20 heavy (non-hydrogen) atoms. The monoisotopic (exact) mass is 307 g/mol. The van der Waals surface area contributed by atoms with E-state index in [1.54, 1.807) is 25.3 Å². The lowest BCUT2D eigenvalue weighted by atomic mass is 10.2. The summed E-state index contributed by atoms with van der Waals surface area (Å²) in [5, 5.41) is 0.671. The van der Waals surface area contributed by atoms with Crippen LogP contribution >= 0.6 is 23.8 Å². The van der Waals surface area contributed by atoms with Crippen LogP contribution in [0, 0.1) is 0 Å². The van der Waals surface area contributed by atoms with Crippen LogP contribution in [0.3, 0.4) is 0 Å². The number of hydrogen-bond donors (Lipinski definition) is 1. The molecule has 2 rings (SSSR count). The molecule has 0 bridgehead atoms. The van der Waals surface area contributed by atoms with Crippen molar-refractivity contribution < 1.29 is 9.47 Å². The van der Waals surface area contributed by atoms with Crippen LogP contribution in [-0.2, 0) is 6.61 Å². The molecule has 0 aliphatic heterocycles. The van der Waals surface area contributed by atoms with Gasteiger partial charge in [0.25, 0.3) is 0 Å². The summed E-state index contributed by atoms with van der Waals surface area (Å²) in [6.07, 6.45) is 0. The molecule has 0 heterocycles. The molecular formula is C15H14ClNO2S. The van der Waals surface area contributed by atoms with Gasteiger partial charge in [0.05, 0.1) is 7.11 Å². The molecule has 0 saturated carbocycles. The van der Waals surface area contributed by atoms with E-state index in [9.17, 15) is 0 Å². The molecule has 0 amide bonds. The second-order valence-corrected chi connectivity index (χ2v) is 4.99. The average molecular weight is 308 g/mol. The third kappa shape index (κ3) is 3.62. The number of ether oxygens (including phenoxy) is 2. The van der Waals surface area contributed by atoms with Gasteiger partial charge in [-0.1, -0.05) is 42.0 Å². The molecule has 0 fully saturated rings. The third-order valence-corrected chi connectivity index (χ3v) is 3.36. The Morgan fingerprint density at radius 3 is 2.55 bits per heavy atom. The van der Waals surface area contributed by atoms with Crippen LogP contribution < -0.4 is 15.2 Å². The van der Waals surface area contributed by atoms with Gasteiger partial charge in [0.2, 0.25) is 0 Å². The van der Waals surface area contributed by atoms with Gasteiger partial charge in [-0.25, -0.2) is 0 Å². The molecule has 0 saturated heterocycles. The molecule has 2 aromatic rings. The van der Waals surface area contributed by atoms with Crippen molar-refractivity contribution in [1.82, 2.24) is 0 Å². The Kier molecular flexibility index (Phi) is 4.82. The second kappa shape index (κ2) is 6.59. The molecule has 3 nitrogen and oxygen atoms in total. The van der Waals surface area contributed by atoms with Gasteiger partial charge in [-0.05, 0) is 18.2 Å². The predicted molar refractivity (Wildman–Crippen MR) is 84.7 cm³/mol. The zero-order chi connectivity index (χ0) is 14.5. The maximum atomic E-state index is 6.09. The number of nitrogens with two attached hydrogens (primary N) is 1. The minimum Gasteiger partial charge on any atom is -0.497 e. The number of benzene rings is 2. The Balaban J connectivity index is 2.19. The van der Waals surface area contributed by atoms with Crippen LogP contribution in [0.1, 0.15) is 11.1 Å². The van der Waals surface area contributed by atoms with E-state index in [4.69, 9.17) is 39.0 Å². The van der Waals surface area contributed by atoms with Crippen molar-refractivity contribution in [3.05, 3.63) is 58.6 Å². The summed E-state index contributed by atoms with van der Waals surface area (Å²) >= 11 is 11.1. The second-order valence-electron chi connectivity index (χ2n) is 4.14. The number of thiocarbonyl (C=S) groups is 1. The smallest absolute Gasteiger partial charge is 0.124 e. The van der Waals surface area contributed by atoms with Gasteiger partial charge >= 0.3 is 0 Å². The van der Waals surface area contributed by atoms with Crippen molar-refractivity contribution >= 4 is 28.8 Å². The molecule has 5 heteroatoms. The number of halogens is 1. The van der Waals surface area contributed by atoms with Gasteiger partial charge < -0.3 is 15.2 Å². The fourth-order valence-electron chi connectivity index (χ4n) is 1.69. The Labute approximate surface area is 128 Å². The molecule has 2 N–H and O–H groups in total. The van der Waals surface area contributed by atoms with Gasteiger partial charge in [0.1, 0.15) is 23.1 Å². The van der Waals surface area contributed by atoms with E-state index in [0.717, 1.165) is 5.56 Å². The lowest BCUT2D eigenvalue weighted by Crippen LogP contribution is -2.09. The van der Waals surface area contributed by atoms with Crippen molar-refractivity contribution in [2.75, 3.05) is 7.11 Å². The summed E-state index contributed by atoms with van der Waals surface area (Å²) < 4.78 is 10.9. The molecular weight excluding hydrogens is 294 g/mol. The van der Waals surface area contributed by atoms with E-state index in [-0.39, 0.29) is 0 Å². The molecule has 0 aliphatic rings. The molecule has 104 valence electrons. The first-order valence-electron chi connectivity index (χ1n) is 5.95. The van der Waals surface area contributed by atoms with Gasteiger partial charge in [-0.15, -0.1) is 0 Å². The summed E-state index contributed by atoms with van der Waals surface area (Å²) in [6.45, 7) is 0.365. The molecule has 0 aromatic heterocycles. The van der Waals surface area contributed by atoms with Gasteiger partial charge in [-0.2, -0.15) is 0 Å². The third-order valence-electron chi connectivity index (χ3n) is 2.75. The standard InChI is InChI=1S/C15H14ClNO2S/c1-18-12-6-11(15(17)20)7-13(8-12)19-9-10-4-2-3-5-14(10)16/h2-8H,9H2,1H3,(H2,17,20). The SMILES string of the molecule is COc1cc(OCc2ccccc2Cl)cc(C(N)=S)c1. The van der Waals surface area contributed by atoms with E-state index in [0.29, 0.717) is 33.7 Å². The number of hydrogen-bond acceptors (Lipinski definition) is 3. The average Bonchev–Trinajstić information content (AvgIpc) is 2.46. The Morgan fingerprint density at radius 1 is 1.20 bits per heavy atom. The minimum absolute atomic E-state index is 0.298. The van der Waals surface area contributed by atoms with Crippen LogP contribution in [0.25, 0.3) is 0 Å². The quantitative estimate of drug-likeness (QED) is 0.858. The van der Waals surface area contributed by atoms with Crippen molar-refractivity contribution in [2.24, 2.45) is 5.73 Å². The highest BCUT2D eigenvalue weighted by Crippen LogP contribution is 2.24. The molecule has 0 radical (unpaired) electrons. The Morgan fingerprint density at radius 2 is 1.90 bits per heavy atom. The van der Waals surface area contributed by atoms with Crippen molar-refractivity contribution in [3.63, 3.8) is 0 Å². The van der Waals surface area contributed by atoms with Crippen LogP contribution in [0.2, 0.25) is 5.02 Å². The first kappa shape index (κ1) is 14.6. The maximum Gasteiger partial charge on any atom is 0.124 e. The van der Waals surface area contributed by atoms with Crippen molar-refractivity contribution in [1.29, 1.82) is 0 Å². The Hall–Kier alpha value is -1.78. The normalized spacial score (nSPS) is 10.1.